The van der Waals surface area contributed by atoms with Crippen LogP contribution in [0.2, 0.25) is 0 Å². The summed E-state index contributed by atoms with van der Waals surface area (Å²) in [5.41, 5.74) is 1.21. The SMILES string of the molecule is CC(C(=O)O)c1cccc(C(C(=O)O)c2cccs2)c1. The Bertz CT molecular complexity index is 619. The van der Waals surface area contributed by atoms with Gasteiger partial charge in [0.05, 0.1) is 5.92 Å². The summed E-state index contributed by atoms with van der Waals surface area (Å²) in [7, 11) is 0. The van der Waals surface area contributed by atoms with Gasteiger partial charge in [0.2, 0.25) is 0 Å². The van der Waals surface area contributed by atoms with Gasteiger partial charge in [0.1, 0.15) is 5.92 Å². The molecule has 0 bridgehead atoms. The van der Waals surface area contributed by atoms with E-state index in [0.29, 0.717) is 11.1 Å². The van der Waals surface area contributed by atoms with E-state index in [1.54, 1.807) is 43.3 Å². The Labute approximate surface area is 120 Å². The minimum absolute atomic E-state index is 0.602. The van der Waals surface area contributed by atoms with Gasteiger partial charge >= 0.3 is 11.9 Å². The number of carboxylic acids is 2. The largest absolute Gasteiger partial charge is 0.481 e. The zero-order valence-electron chi connectivity index (χ0n) is 10.8. The van der Waals surface area contributed by atoms with Crippen molar-refractivity contribution in [3.05, 3.63) is 57.8 Å². The maximum absolute atomic E-state index is 11.5. The molecule has 0 saturated heterocycles. The lowest BCUT2D eigenvalue weighted by Crippen LogP contribution is -2.13. The third-order valence-electron chi connectivity index (χ3n) is 3.19. The van der Waals surface area contributed by atoms with Crippen LogP contribution in [0.15, 0.2) is 41.8 Å². The van der Waals surface area contributed by atoms with Crippen LogP contribution >= 0.6 is 11.3 Å². The summed E-state index contributed by atoms with van der Waals surface area (Å²) in [6.07, 6.45) is 0. The third kappa shape index (κ3) is 2.88. The summed E-state index contributed by atoms with van der Waals surface area (Å²) < 4.78 is 0. The highest BCUT2D eigenvalue weighted by atomic mass is 32.1. The molecular formula is C15H14O4S. The molecule has 0 aliphatic heterocycles. The van der Waals surface area contributed by atoms with Gasteiger partial charge in [-0.1, -0.05) is 30.3 Å². The molecule has 4 nitrogen and oxygen atoms in total. The summed E-state index contributed by atoms with van der Waals surface area (Å²) in [5, 5.41) is 20.3. The first kappa shape index (κ1) is 14.3. The Morgan fingerprint density at radius 3 is 2.30 bits per heavy atom. The van der Waals surface area contributed by atoms with Crippen LogP contribution in [0.5, 0.6) is 0 Å². The van der Waals surface area contributed by atoms with E-state index in [1.165, 1.54) is 11.3 Å². The number of benzene rings is 1. The van der Waals surface area contributed by atoms with Gasteiger partial charge in [0.15, 0.2) is 0 Å². The zero-order chi connectivity index (χ0) is 14.7. The molecule has 5 heteroatoms. The number of carboxylic acid groups (broad SMARTS) is 2. The van der Waals surface area contributed by atoms with Crippen LogP contribution in [-0.4, -0.2) is 22.2 Å². The van der Waals surface area contributed by atoms with Crippen LogP contribution in [-0.2, 0) is 9.59 Å². The lowest BCUT2D eigenvalue weighted by molar-refractivity contribution is -0.138. The molecule has 1 aromatic heterocycles. The Morgan fingerprint density at radius 2 is 1.75 bits per heavy atom. The molecule has 2 N–H and O–H groups in total. The Kier molecular flexibility index (Phi) is 4.20. The maximum Gasteiger partial charge on any atom is 0.316 e. The second-order valence-corrected chi connectivity index (χ2v) is 5.50. The first-order valence-corrected chi connectivity index (χ1v) is 6.97. The molecular weight excluding hydrogens is 276 g/mol. The Morgan fingerprint density at radius 1 is 1.05 bits per heavy atom. The first-order valence-electron chi connectivity index (χ1n) is 6.09. The van der Waals surface area contributed by atoms with Crippen molar-refractivity contribution in [2.45, 2.75) is 18.8 Å². The van der Waals surface area contributed by atoms with Crippen LogP contribution in [0, 0.1) is 0 Å². The van der Waals surface area contributed by atoms with Crippen molar-refractivity contribution in [3.8, 4) is 0 Å². The van der Waals surface area contributed by atoms with Gasteiger partial charge in [-0.15, -0.1) is 11.3 Å². The van der Waals surface area contributed by atoms with E-state index in [-0.39, 0.29) is 0 Å². The minimum Gasteiger partial charge on any atom is -0.481 e. The Balaban J connectivity index is 2.43. The van der Waals surface area contributed by atoms with E-state index in [1.807, 2.05) is 5.38 Å². The average molecular weight is 290 g/mol. The average Bonchev–Trinajstić information content (AvgIpc) is 2.91. The van der Waals surface area contributed by atoms with Crippen molar-refractivity contribution in [3.63, 3.8) is 0 Å². The fourth-order valence-corrected chi connectivity index (χ4v) is 2.88. The van der Waals surface area contributed by atoms with Crippen LogP contribution in [0.25, 0.3) is 0 Å². The van der Waals surface area contributed by atoms with Crippen LogP contribution in [0.1, 0.15) is 34.8 Å². The standard InChI is InChI=1S/C15H14O4S/c1-9(14(16)17)10-4-2-5-11(8-10)13(15(18)19)12-6-3-7-20-12/h2-9,13H,1H3,(H,16,17)(H,18,19). The van der Waals surface area contributed by atoms with Gasteiger partial charge in [0, 0.05) is 4.88 Å². The zero-order valence-corrected chi connectivity index (χ0v) is 11.6. The number of hydrogen-bond acceptors (Lipinski definition) is 3. The molecule has 0 amide bonds. The molecule has 2 unspecified atom stereocenters. The molecule has 0 radical (unpaired) electrons. The topological polar surface area (TPSA) is 74.6 Å². The van der Waals surface area contributed by atoms with Gasteiger partial charge in [0.25, 0.3) is 0 Å². The molecule has 1 aromatic carbocycles. The van der Waals surface area contributed by atoms with E-state index < -0.39 is 23.8 Å². The molecule has 0 saturated carbocycles. The summed E-state index contributed by atoms with van der Waals surface area (Å²) in [6, 6.07) is 10.4. The number of aliphatic carboxylic acids is 2. The van der Waals surface area contributed by atoms with E-state index in [4.69, 9.17) is 5.11 Å². The predicted octanol–water partition coefficient (Wildman–Crippen LogP) is 3.15. The van der Waals surface area contributed by atoms with E-state index in [2.05, 4.69) is 0 Å². The summed E-state index contributed by atoms with van der Waals surface area (Å²) >= 11 is 1.38. The smallest absolute Gasteiger partial charge is 0.316 e. The Hall–Kier alpha value is -2.14. The van der Waals surface area contributed by atoms with Crippen molar-refractivity contribution < 1.29 is 19.8 Å². The van der Waals surface area contributed by atoms with E-state index in [9.17, 15) is 14.7 Å². The van der Waals surface area contributed by atoms with Crippen molar-refractivity contribution in [1.82, 2.24) is 0 Å². The second-order valence-electron chi connectivity index (χ2n) is 4.52. The van der Waals surface area contributed by atoms with Crippen LogP contribution < -0.4 is 0 Å². The quantitative estimate of drug-likeness (QED) is 0.887. The molecule has 20 heavy (non-hydrogen) atoms. The number of rotatable bonds is 5. The van der Waals surface area contributed by atoms with Gasteiger partial charge in [-0.25, -0.2) is 0 Å². The van der Waals surface area contributed by atoms with Crippen molar-refractivity contribution in [1.29, 1.82) is 0 Å². The molecule has 0 spiro atoms. The molecule has 0 aliphatic rings. The lowest BCUT2D eigenvalue weighted by Gasteiger charge is -2.14. The second kappa shape index (κ2) is 5.88. The van der Waals surface area contributed by atoms with Crippen molar-refractivity contribution in [2.75, 3.05) is 0 Å². The fourth-order valence-electron chi connectivity index (χ4n) is 2.03. The maximum atomic E-state index is 11.5. The molecule has 2 rings (SSSR count). The molecule has 1 heterocycles. The highest BCUT2D eigenvalue weighted by Crippen LogP contribution is 2.30. The highest BCUT2D eigenvalue weighted by Gasteiger charge is 2.24. The monoisotopic (exact) mass is 290 g/mol. The number of hydrogen-bond donors (Lipinski definition) is 2. The third-order valence-corrected chi connectivity index (χ3v) is 4.13. The van der Waals surface area contributed by atoms with Crippen molar-refractivity contribution in [2.24, 2.45) is 0 Å². The van der Waals surface area contributed by atoms with E-state index in [0.717, 1.165) is 4.88 Å². The van der Waals surface area contributed by atoms with Crippen LogP contribution in [0.3, 0.4) is 0 Å². The van der Waals surface area contributed by atoms with E-state index >= 15 is 0 Å². The first-order chi connectivity index (χ1) is 9.50. The minimum atomic E-state index is -0.937. The highest BCUT2D eigenvalue weighted by molar-refractivity contribution is 7.10. The fraction of sp³-hybridized carbons (Fsp3) is 0.200. The molecule has 0 fully saturated rings. The summed E-state index contributed by atoms with van der Waals surface area (Å²) in [5.74, 6) is -3.28. The van der Waals surface area contributed by atoms with Gasteiger partial charge < -0.3 is 10.2 Å². The number of thiophene rings is 1. The van der Waals surface area contributed by atoms with Crippen molar-refractivity contribution >= 4 is 23.3 Å². The summed E-state index contributed by atoms with van der Waals surface area (Å²) in [6.45, 7) is 1.59. The van der Waals surface area contributed by atoms with Gasteiger partial charge in [-0.3, -0.25) is 9.59 Å². The molecule has 104 valence electrons. The van der Waals surface area contributed by atoms with Gasteiger partial charge in [-0.05, 0) is 29.5 Å². The normalized spacial score (nSPS) is 13.7. The predicted molar refractivity (Wildman–Crippen MR) is 76.3 cm³/mol. The lowest BCUT2D eigenvalue weighted by atomic mass is 9.92. The molecule has 2 aromatic rings. The van der Waals surface area contributed by atoms with Crippen LogP contribution in [0.4, 0.5) is 0 Å². The number of carbonyl (C=O) groups is 2. The van der Waals surface area contributed by atoms with Gasteiger partial charge in [-0.2, -0.15) is 0 Å². The molecule has 2 atom stereocenters. The molecule has 0 aliphatic carbocycles. The summed E-state index contributed by atoms with van der Waals surface area (Å²) in [4.78, 5) is 23.3.